The Bertz CT molecular complexity index is 832. The van der Waals surface area contributed by atoms with E-state index in [2.05, 4.69) is 24.5 Å². The Labute approximate surface area is 197 Å². The Morgan fingerprint density at radius 2 is 1.82 bits per heavy atom. The molecule has 0 aliphatic heterocycles. The molecule has 5 unspecified atom stereocenters. The number of rotatable bonds is 16. The van der Waals surface area contributed by atoms with Gasteiger partial charge >= 0.3 is 5.97 Å². The van der Waals surface area contributed by atoms with E-state index in [9.17, 15) is 23.1 Å². The van der Waals surface area contributed by atoms with E-state index in [1.807, 2.05) is 37.3 Å². The van der Waals surface area contributed by atoms with Crippen molar-refractivity contribution in [3.05, 3.63) is 35.9 Å². The molecule has 0 heterocycles. The second kappa shape index (κ2) is 14.3. The Balaban J connectivity index is 2.97. The topological polar surface area (TPSA) is 148 Å². The van der Waals surface area contributed by atoms with Crippen molar-refractivity contribution in [1.29, 1.82) is 0 Å². The summed E-state index contributed by atoms with van der Waals surface area (Å²) in [7, 11) is -3.37. The van der Waals surface area contributed by atoms with Gasteiger partial charge in [0.05, 0.1) is 12.4 Å². The third kappa shape index (κ3) is 12.1. The molecular weight excluding hydrogens is 446 g/mol. The highest BCUT2D eigenvalue weighted by Gasteiger charge is 2.28. The van der Waals surface area contributed by atoms with E-state index < -0.39 is 33.9 Å². The number of carbonyl (C=O) groups excluding carboxylic acids is 1. The molecule has 1 amide bonds. The van der Waals surface area contributed by atoms with Gasteiger partial charge in [-0.1, -0.05) is 50.6 Å². The van der Waals surface area contributed by atoms with Crippen LogP contribution >= 0.6 is 0 Å². The number of amides is 1. The van der Waals surface area contributed by atoms with Gasteiger partial charge in [-0.05, 0) is 24.8 Å². The molecule has 1 rings (SSSR count). The van der Waals surface area contributed by atoms with Crippen molar-refractivity contribution in [2.75, 3.05) is 25.2 Å². The van der Waals surface area contributed by atoms with Gasteiger partial charge in [-0.2, -0.15) is 0 Å². The molecule has 33 heavy (non-hydrogen) atoms. The van der Waals surface area contributed by atoms with E-state index in [-0.39, 0.29) is 43.2 Å². The molecule has 0 fully saturated rings. The molecule has 5 N–H and O–H groups in total. The van der Waals surface area contributed by atoms with E-state index >= 15 is 0 Å². The number of carboxylic acid groups (broad SMARTS) is 1. The SMILES string of the molecule is CCC(C)C(COC(Cc1ccccc1)C(=O)NC(CCS(C)(=O)=O)C(=O)O)NCC(C)N. The Morgan fingerprint density at radius 3 is 2.33 bits per heavy atom. The first-order valence-electron chi connectivity index (χ1n) is 11.3. The second-order valence-corrected chi connectivity index (χ2v) is 11.0. The maximum Gasteiger partial charge on any atom is 0.326 e. The fourth-order valence-electron chi connectivity index (χ4n) is 3.18. The number of hydrogen-bond acceptors (Lipinski definition) is 7. The molecule has 0 bridgehead atoms. The number of carboxylic acids is 1. The Kier molecular flexibility index (Phi) is 12.6. The number of benzene rings is 1. The molecule has 188 valence electrons. The van der Waals surface area contributed by atoms with Gasteiger partial charge in [-0.25, -0.2) is 13.2 Å². The van der Waals surface area contributed by atoms with E-state index in [1.54, 1.807) is 0 Å². The summed E-state index contributed by atoms with van der Waals surface area (Å²) in [5.74, 6) is -1.95. The third-order valence-corrected chi connectivity index (χ3v) is 6.44. The van der Waals surface area contributed by atoms with Crippen LogP contribution in [0.2, 0.25) is 0 Å². The first-order chi connectivity index (χ1) is 15.4. The van der Waals surface area contributed by atoms with Gasteiger partial charge in [-0.3, -0.25) is 4.79 Å². The summed E-state index contributed by atoms with van der Waals surface area (Å²) in [5.41, 5.74) is 6.73. The number of carbonyl (C=O) groups is 2. The average molecular weight is 486 g/mol. The highest BCUT2D eigenvalue weighted by atomic mass is 32.2. The average Bonchev–Trinajstić information content (AvgIpc) is 2.74. The molecule has 0 radical (unpaired) electrons. The summed E-state index contributed by atoms with van der Waals surface area (Å²) < 4.78 is 28.9. The minimum absolute atomic E-state index is 0.0346. The molecule has 0 aromatic heterocycles. The summed E-state index contributed by atoms with van der Waals surface area (Å²) >= 11 is 0. The van der Waals surface area contributed by atoms with Crippen LogP contribution in [0.25, 0.3) is 0 Å². The molecule has 0 spiro atoms. The fraction of sp³-hybridized carbons (Fsp3) is 0.652. The summed E-state index contributed by atoms with van der Waals surface area (Å²) in [6.45, 7) is 6.89. The van der Waals surface area contributed by atoms with Gasteiger partial charge < -0.3 is 26.2 Å². The van der Waals surface area contributed by atoms with Gasteiger partial charge in [0.15, 0.2) is 0 Å². The van der Waals surface area contributed by atoms with Crippen LogP contribution < -0.4 is 16.4 Å². The predicted octanol–water partition coefficient (Wildman–Crippen LogP) is 0.970. The molecule has 9 nitrogen and oxygen atoms in total. The Hall–Kier alpha value is -2.01. The van der Waals surface area contributed by atoms with Crippen molar-refractivity contribution >= 4 is 21.7 Å². The van der Waals surface area contributed by atoms with E-state index in [1.165, 1.54) is 0 Å². The molecule has 10 heteroatoms. The van der Waals surface area contributed by atoms with Gasteiger partial charge in [-0.15, -0.1) is 0 Å². The Morgan fingerprint density at radius 1 is 1.18 bits per heavy atom. The highest BCUT2D eigenvalue weighted by Crippen LogP contribution is 2.13. The van der Waals surface area contributed by atoms with Crippen LogP contribution in [0.3, 0.4) is 0 Å². The third-order valence-electron chi connectivity index (χ3n) is 5.46. The van der Waals surface area contributed by atoms with Gasteiger partial charge in [0.2, 0.25) is 5.91 Å². The summed E-state index contributed by atoms with van der Waals surface area (Å²) in [6.07, 6.45) is 1.03. The van der Waals surface area contributed by atoms with Gasteiger partial charge in [0.25, 0.3) is 0 Å². The summed E-state index contributed by atoms with van der Waals surface area (Å²) in [5, 5.41) is 15.3. The molecule has 0 aliphatic rings. The molecule has 1 aromatic rings. The van der Waals surface area contributed by atoms with Crippen LogP contribution in [-0.4, -0.2) is 74.8 Å². The summed E-state index contributed by atoms with van der Waals surface area (Å²) in [6, 6.07) is 7.90. The monoisotopic (exact) mass is 485 g/mol. The standard InChI is InChI=1S/C23H39N3O6S/c1-5-16(2)20(25-14-17(3)24)15-32-21(13-18-9-7-6-8-10-18)22(27)26-19(23(28)29)11-12-33(4,30)31/h6-10,16-17,19-21,25H,5,11-15,24H2,1-4H3,(H,26,27)(H,28,29). The van der Waals surface area contributed by atoms with Crippen molar-refractivity contribution in [1.82, 2.24) is 10.6 Å². The van der Waals surface area contributed by atoms with Crippen LogP contribution in [0.1, 0.15) is 39.2 Å². The molecule has 1 aromatic carbocycles. The molecule has 0 saturated carbocycles. The second-order valence-electron chi connectivity index (χ2n) is 8.71. The number of aliphatic carboxylic acids is 1. The lowest BCUT2D eigenvalue weighted by molar-refractivity contribution is -0.144. The van der Waals surface area contributed by atoms with E-state index in [0.717, 1.165) is 18.2 Å². The van der Waals surface area contributed by atoms with Gasteiger partial charge in [0.1, 0.15) is 22.0 Å². The zero-order valence-corrected chi connectivity index (χ0v) is 20.8. The smallest absolute Gasteiger partial charge is 0.326 e. The van der Waals surface area contributed by atoms with Crippen molar-refractivity contribution in [2.24, 2.45) is 11.7 Å². The minimum Gasteiger partial charge on any atom is -0.480 e. The van der Waals surface area contributed by atoms with Crippen LogP contribution in [-0.2, 0) is 30.6 Å². The first-order valence-corrected chi connectivity index (χ1v) is 13.3. The normalized spacial score (nSPS) is 16.4. The maximum atomic E-state index is 13.0. The van der Waals surface area contributed by atoms with Crippen molar-refractivity contribution in [3.8, 4) is 0 Å². The lowest BCUT2D eigenvalue weighted by atomic mass is 9.99. The van der Waals surface area contributed by atoms with E-state index in [0.29, 0.717) is 6.54 Å². The number of nitrogens with two attached hydrogens (primary N) is 1. The van der Waals surface area contributed by atoms with Crippen LogP contribution in [0, 0.1) is 5.92 Å². The molecule has 5 atom stereocenters. The highest BCUT2D eigenvalue weighted by molar-refractivity contribution is 7.90. The number of ether oxygens (including phenoxy) is 1. The molecule has 0 saturated heterocycles. The van der Waals surface area contributed by atoms with Crippen molar-refractivity contribution < 1.29 is 27.9 Å². The zero-order valence-electron chi connectivity index (χ0n) is 20.0. The van der Waals surface area contributed by atoms with Gasteiger partial charge in [0, 0.05) is 31.3 Å². The first kappa shape index (κ1) is 29.0. The number of sulfone groups is 1. The van der Waals surface area contributed by atoms with Crippen molar-refractivity contribution in [3.63, 3.8) is 0 Å². The quantitative estimate of drug-likeness (QED) is 0.271. The number of hydrogen-bond donors (Lipinski definition) is 4. The van der Waals surface area contributed by atoms with E-state index in [4.69, 9.17) is 10.5 Å². The van der Waals surface area contributed by atoms with Crippen LogP contribution in [0.15, 0.2) is 30.3 Å². The van der Waals surface area contributed by atoms with Crippen molar-refractivity contribution in [2.45, 2.75) is 64.3 Å². The fourth-order valence-corrected chi connectivity index (χ4v) is 3.84. The molecular formula is C23H39N3O6S. The van der Waals surface area contributed by atoms with Crippen LogP contribution in [0.4, 0.5) is 0 Å². The minimum atomic E-state index is -3.37. The maximum absolute atomic E-state index is 13.0. The zero-order chi connectivity index (χ0) is 25.0. The largest absolute Gasteiger partial charge is 0.480 e. The predicted molar refractivity (Wildman–Crippen MR) is 129 cm³/mol. The van der Waals surface area contributed by atoms with Crippen LogP contribution in [0.5, 0.6) is 0 Å². The lowest BCUT2D eigenvalue weighted by Gasteiger charge is -2.28. The lowest BCUT2D eigenvalue weighted by Crippen LogP contribution is -2.49. The summed E-state index contributed by atoms with van der Waals surface area (Å²) in [4.78, 5) is 24.6. The molecule has 0 aliphatic carbocycles. The number of nitrogens with one attached hydrogen (secondary N) is 2.